The number of aryl methyl sites for hydroxylation is 1. The third-order valence-corrected chi connectivity index (χ3v) is 5.84. The van der Waals surface area contributed by atoms with Gasteiger partial charge in [0, 0.05) is 22.0 Å². The minimum Gasteiger partial charge on any atom is -0.494 e. The highest BCUT2D eigenvalue weighted by Crippen LogP contribution is 2.31. The van der Waals surface area contributed by atoms with Crippen LogP contribution in [0.3, 0.4) is 0 Å². The lowest BCUT2D eigenvalue weighted by molar-refractivity contribution is 0.340. The van der Waals surface area contributed by atoms with Crippen LogP contribution in [-0.2, 0) is 5.75 Å². The van der Waals surface area contributed by atoms with Crippen LogP contribution >= 0.6 is 23.4 Å². The molecule has 0 aliphatic heterocycles. The van der Waals surface area contributed by atoms with Gasteiger partial charge in [-0.1, -0.05) is 53.2 Å². The number of nitrogens with zero attached hydrogens (tertiary/aromatic N) is 3. The molecule has 0 saturated carbocycles. The van der Waals surface area contributed by atoms with Gasteiger partial charge in [0.2, 0.25) is 0 Å². The van der Waals surface area contributed by atoms with Gasteiger partial charge in [-0.05, 0) is 67.9 Å². The molecule has 4 rings (SSSR count). The second-order valence-electron chi connectivity index (χ2n) is 6.85. The Balaban J connectivity index is 1.71. The summed E-state index contributed by atoms with van der Waals surface area (Å²) in [6.45, 7) is 4.72. The first-order valence-electron chi connectivity index (χ1n) is 9.77. The zero-order chi connectivity index (χ0) is 20.9. The number of hydrogen-bond acceptors (Lipinski definition) is 4. The molecular formula is C24H22ClN3OS. The van der Waals surface area contributed by atoms with Gasteiger partial charge in [-0.2, -0.15) is 0 Å². The van der Waals surface area contributed by atoms with Crippen molar-refractivity contribution in [2.75, 3.05) is 6.61 Å². The predicted octanol–water partition coefficient (Wildman–Crippen LogP) is 6.59. The summed E-state index contributed by atoms with van der Waals surface area (Å²) in [6.07, 6.45) is 0. The molecule has 30 heavy (non-hydrogen) atoms. The monoisotopic (exact) mass is 435 g/mol. The van der Waals surface area contributed by atoms with E-state index in [4.69, 9.17) is 16.3 Å². The van der Waals surface area contributed by atoms with Gasteiger partial charge in [-0.3, -0.25) is 4.57 Å². The second-order valence-corrected chi connectivity index (χ2v) is 8.23. The van der Waals surface area contributed by atoms with Crippen LogP contribution in [-0.4, -0.2) is 21.4 Å². The van der Waals surface area contributed by atoms with Crippen molar-refractivity contribution in [2.45, 2.75) is 24.8 Å². The highest BCUT2D eigenvalue weighted by Gasteiger charge is 2.16. The molecule has 1 aromatic heterocycles. The molecule has 0 fully saturated rings. The van der Waals surface area contributed by atoms with Crippen molar-refractivity contribution in [3.8, 4) is 22.8 Å². The predicted molar refractivity (Wildman–Crippen MR) is 124 cm³/mol. The standard InChI is InChI=1S/C24H22ClN3OS/c1-3-29-22-13-11-21(12-14-22)28-23(19-7-9-20(25)10-8-19)26-27-24(28)30-16-18-6-4-5-17(2)15-18/h4-15H,3,16H2,1-2H3. The highest BCUT2D eigenvalue weighted by atomic mass is 35.5. The fraction of sp³-hybridized carbons (Fsp3) is 0.167. The first kappa shape index (κ1) is 20.5. The molecular weight excluding hydrogens is 414 g/mol. The summed E-state index contributed by atoms with van der Waals surface area (Å²) < 4.78 is 7.68. The summed E-state index contributed by atoms with van der Waals surface area (Å²) in [6, 6.07) is 24.2. The van der Waals surface area contributed by atoms with Crippen molar-refractivity contribution >= 4 is 23.4 Å². The van der Waals surface area contributed by atoms with Crippen LogP contribution in [0.2, 0.25) is 5.02 Å². The van der Waals surface area contributed by atoms with Crippen molar-refractivity contribution in [1.82, 2.24) is 14.8 Å². The Morgan fingerprint density at radius 2 is 1.73 bits per heavy atom. The van der Waals surface area contributed by atoms with Gasteiger partial charge in [0.15, 0.2) is 11.0 Å². The topological polar surface area (TPSA) is 39.9 Å². The van der Waals surface area contributed by atoms with Crippen LogP contribution in [0.5, 0.6) is 5.75 Å². The summed E-state index contributed by atoms with van der Waals surface area (Å²) in [5.74, 6) is 2.44. The maximum absolute atomic E-state index is 6.08. The fourth-order valence-electron chi connectivity index (χ4n) is 3.19. The zero-order valence-corrected chi connectivity index (χ0v) is 18.5. The maximum Gasteiger partial charge on any atom is 0.196 e. The van der Waals surface area contributed by atoms with Crippen LogP contribution in [0.15, 0.2) is 78.0 Å². The minimum atomic E-state index is 0.638. The van der Waals surface area contributed by atoms with Crippen molar-refractivity contribution in [3.63, 3.8) is 0 Å². The quantitative estimate of drug-likeness (QED) is 0.307. The lowest BCUT2D eigenvalue weighted by atomic mass is 10.2. The second kappa shape index (κ2) is 9.37. The van der Waals surface area contributed by atoms with E-state index in [2.05, 4.69) is 46.0 Å². The van der Waals surface area contributed by atoms with E-state index in [1.54, 1.807) is 11.8 Å². The van der Waals surface area contributed by atoms with E-state index in [9.17, 15) is 0 Å². The molecule has 0 radical (unpaired) electrons. The van der Waals surface area contributed by atoms with E-state index in [0.29, 0.717) is 11.6 Å². The number of ether oxygens (including phenoxy) is 1. The molecule has 0 aliphatic carbocycles. The summed E-state index contributed by atoms with van der Waals surface area (Å²) in [7, 11) is 0. The molecule has 0 N–H and O–H groups in total. The maximum atomic E-state index is 6.08. The largest absolute Gasteiger partial charge is 0.494 e. The smallest absolute Gasteiger partial charge is 0.196 e. The van der Waals surface area contributed by atoms with E-state index < -0.39 is 0 Å². The molecule has 6 heteroatoms. The molecule has 0 bridgehead atoms. The number of aromatic nitrogens is 3. The third-order valence-electron chi connectivity index (χ3n) is 4.59. The van der Waals surface area contributed by atoms with Crippen LogP contribution < -0.4 is 4.74 Å². The van der Waals surface area contributed by atoms with Gasteiger partial charge >= 0.3 is 0 Å². The van der Waals surface area contributed by atoms with Crippen LogP contribution in [0, 0.1) is 6.92 Å². The number of rotatable bonds is 7. The lowest BCUT2D eigenvalue weighted by Crippen LogP contribution is -2.00. The average molecular weight is 436 g/mol. The van der Waals surface area contributed by atoms with Gasteiger partial charge < -0.3 is 4.74 Å². The Bertz CT molecular complexity index is 1120. The fourth-order valence-corrected chi connectivity index (χ4v) is 4.21. The first-order chi connectivity index (χ1) is 14.6. The Kier molecular flexibility index (Phi) is 6.41. The zero-order valence-electron chi connectivity index (χ0n) is 16.9. The molecule has 0 unspecified atom stereocenters. The van der Waals surface area contributed by atoms with Crippen LogP contribution in [0.4, 0.5) is 0 Å². The normalized spacial score (nSPS) is 10.9. The van der Waals surface area contributed by atoms with E-state index >= 15 is 0 Å². The van der Waals surface area contributed by atoms with Gasteiger partial charge in [0.1, 0.15) is 5.75 Å². The average Bonchev–Trinajstić information content (AvgIpc) is 3.18. The van der Waals surface area contributed by atoms with Crippen LogP contribution in [0.25, 0.3) is 17.1 Å². The van der Waals surface area contributed by atoms with Crippen molar-refractivity contribution in [3.05, 3.63) is 88.9 Å². The molecule has 0 aliphatic rings. The highest BCUT2D eigenvalue weighted by molar-refractivity contribution is 7.98. The molecule has 4 aromatic rings. The Labute approximate surface area is 185 Å². The number of benzene rings is 3. The van der Waals surface area contributed by atoms with Crippen molar-refractivity contribution in [2.24, 2.45) is 0 Å². The summed E-state index contributed by atoms with van der Waals surface area (Å²) >= 11 is 7.75. The van der Waals surface area contributed by atoms with Crippen molar-refractivity contribution in [1.29, 1.82) is 0 Å². The van der Waals surface area contributed by atoms with Gasteiger partial charge in [0.25, 0.3) is 0 Å². The molecule has 0 spiro atoms. The molecule has 1 heterocycles. The third kappa shape index (κ3) is 4.69. The number of hydrogen-bond donors (Lipinski definition) is 0. The van der Waals surface area contributed by atoms with Gasteiger partial charge in [0.05, 0.1) is 6.61 Å². The first-order valence-corrected chi connectivity index (χ1v) is 11.1. The Morgan fingerprint density at radius 1 is 0.967 bits per heavy atom. The van der Waals surface area contributed by atoms with E-state index in [0.717, 1.165) is 33.7 Å². The molecule has 0 atom stereocenters. The Morgan fingerprint density at radius 3 is 2.43 bits per heavy atom. The molecule has 0 saturated heterocycles. The Hall–Kier alpha value is -2.76. The number of halogens is 1. The van der Waals surface area contributed by atoms with Gasteiger partial charge in [-0.15, -0.1) is 10.2 Å². The van der Waals surface area contributed by atoms with Crippen molar-refractivity contribution < 1.29 is 4.74 Å². The molecule has 3 aromatic carbocycles. The SMILES string of the molecule is CCOc1ccc(-n2c(SCc3cccc(C)c3)nnc2-c2ccc(Cl)cc2)cc1. The summed E-state index contributed by atoms with van der Waals surface area (Å²) in [5, 5.41) is 10.5. The van der Waals surface area contributed by atoms with Gasteiger partial charge in [-0.25, -0.2) is 0 Å². The van der Waals surface area contributed by atoms with E-state index in [1.165, 1.54) is 11.1 Å². The van der Waals surface area contributed by atoms with E-state index in [1.807, 2.05) is 55.5 Å². The number of thioether (sulfide) groups is 1. The summed E-state index contributed by atoms with van der Waals surface area (Å²) in [4.78, 5) is 0. The lowest BCUT2D eigenvalue weighted by Gasteiger charge is -2.12. The molecule has 152 valence electrons. The molecule has 4 nitrogen and oxygen atoms in total. The van der Waals surface area contributed by atoms with Crippen LogP contribution in [0.1, 0.15) is 18.1 Å². The minimum absolute atomic E-state index is 0.638. The molecule has 0 amide bonds. The summed E-state index contributed by atoms with van der Waals surface area (Å²) in [5.41, 5.74) is 4.46. The van der Waals surface area contributed by atoms with E-state index in [-0.39, 0.29) is 0 Å².